The van der Waals surface area contributed by atoms with Crippen LogP contribution in [-0.2, 0) is 14.3 Å². The monoisotopic (exact) mass is 405 g/mol. The predicted molar refractivity (Wildman–Crippen MR) is 109 cm³/mol. The van der Waals surface area contributed by atoms with E-state index in [0.717, 1.165) is 17.7 Å². The first-order valence-corrected chi connectivity index (χ1v) is 10.2. The fourth-order valence-corrected chi connectivity index (χ4v) is 4.00. The summed E-state index contributed by atoms with van der Waals surface area (Å²) in [6.45, 7) is 2.78. The van der Waals surface area contributed by atoms with E-state index in [1.165, 1.54) is 0 Å². The summed E-state index contributed by atoms with van der Waals surface area (Å²) in [6.07, 6.45) is 0.698. The van der Waals surface area contributed by atoms with E-state index in [9.17, 15) is 14.7 Å². The normalized spacial score (nSPS) is 25.1. The molecule has 3 rings (SSSR count). The number of nitrogens with one attached hydrogen (secondary N) is 2. The zero-order valence-electron chi connectivity index (χ0n) is 17.3. The lowest BCUT2D eigenvalue weighted by Crippen LogP contribution is -2.47. The molecule has 1 saturated heterocycles. The number of hydrogen-bond acceptors (Lipinski definition) is 6. The standard InChI is InChI=1S/C21H31N3O5/c1-4-7-22-19(26)10-14-9-16-15-8-13(23-20(27)11-24(2)3)5-6-17(15)29-21(16)18(12-25)28-14/h5-6,8,14,16,18,21,25H,4,7,9-12H2,1-3H3,(H,22,26)(H,23,27)/t14-,16-,18-,21+/m1/s1. The maximum Gasteiger partial charge on any atom is 0.238 e. The Labute approximate surface area is 171 Å². The fourth-order valence-electron chi connectivity index (χ4n) is 4.00. The largest absolute Gasteiger partial charge is 0.487 e. The first kappa shape index (κ1) is 21.5. The Bertz CT molecular complexity index is 739. The lowest BCUT2D eigenvalue weighted by atomic mass is 9.84. The number of aliphatic hydroxyl groups is 1. The Morgan fingerprint density at radius 3 is 2.76 bits per heavy atom. The van der Waals surface area contributed by atoms with Crippen LogP contribution in [-0.4, -0.2) is 73.9 Å². The van der Waals surface area contributed by atoms with Crippen LogP contribution in [0.4, 0.5) is 5.69 Å². The van der Waals surface area contributed by atoms with Gasteiger partial charge in [0, 0.05) is 23.7 Å². The molecule has 1 aromatic rings. The van der Waals surface area contributed by atoms with Crippen LogP contribution in [0.15, 0.2) is 18.2 Å². The van der Waals surface area contributed by atoms with Crippen LogP contribution in [0.1, 0.15) is 37.7 Å². The Morgan fingerprint density at radius 1 is 1.28 bits per heavy atom. The Balaban J connectivity index is 1.73. The van der Waals surface area contributed by atoms with Gasteiger partial charge >= 0.3 is 0 Å². The molecule has 0 unspecified atom stereocenters. The lowest BCUT2D eigenvalue weighted by Gasteiger charge is -2.37. The van der Waals surface area contributed by atoms with E-state index in [2.05, 4.69) is 10.6 Å². The van der Waals surface area contributed by atoms with E-state index in [1.807, 2.05) is 39.2 Å². The Hall–Kier alpha value is -2.16. The molecule has 2 aliphatic heterocycles. The molecular weight excluding hydrogens is 374 g/mol. The van der Waals surface area contributed by atoms with Gasteiger partial charge in [0.15, 0.2) is 0 Å². The highest BCUT2D eigenvalue weighted by molar-refractivity contribution is 5.92. The number of rotatable bonds is 8. The number of carbonyl (C=O) groups excluding carboxylic acids is 2. The number of likely N-dealkylation sites (N-methyl/N-ethyl adjacent to an activating group) is 1. The number of ether oxygens (including phenoxy) is 2. The highest BCUT2D eigenvalue weighted by atomic mass is 16.6. The van der Waals surface area contributed by atoms with E-state index in [1.54, 1.807) is 4.90 Å². The highest BCUT2D eigenvalue weighted by Crippen LogP contribution is 2.47. The molecule has 1 fully saturated rings. The van der Waals surface area contributed by atoms with E-state index in [4.69, 9.17) is 9.47 Å². The first-order chi connectivity index (χ1) is 13.9. The van der Waals surface area contributed by atoms with E-state index < -0.39 is 6.10 Å². The maximum absolute atomic E-state index is 12.1. The van der Waals surface area contributed by atoms with Crippen molar-refractivity contribution in [3.8, 4) is 5.75 Å². The van der Waals surface area contributed by atoms with Crippen LogP contribution < -0.4 is 15.4 Å². The number of fused-ring (bicyclic) bond motifs is 3. The first-order valence-electron chi connectivity index (χ1n) is 10.2. The van der Waals surface area contributed by atoms with Crippen molar-refractivity contribution < 1.29 is 24.2 Å². The van der Waals surface area contributed by atoms with Gasteiger partial charge in [-0.3, -0.25) is 9.59 Å². The lowest BCUT2D eigenvalue weighted by molar-refractivity contribution is -0.142. The molecule has 1 aromatic carbocycles. The van der Waals surface area contributed by atoms with Gasteiger partial charge in [-0.1, -0.05) is 6.92 Å². The maximum atomic E-state index is 12.1. The van der Waals surface area contributed by atoms with Crippen LogP contribution in [0, 0.1) is 0 Å². The average Bonchev–Trinajstić information content (AvgIpc) is 3.03. The van der Waals surface area contributed by atoms with Crippen LogP contribution in [0.25, 0.3) is 0 Å². The van der Waals surface area contributed by atoms with Crippen LogP contribution in [0.2, 0.25) is 0 Å². The molecule has 4 atom stereocenters. The molecule has 8 heteroatoms. The third-order valence-electron chi connectivity index (χ3n) is 5.23. The van der Waals surface area contributed by atoms with Crippen molar-refractivity contribution in [3.63, 3.8) is 0 Å². The number of hydrogen-bond donors (Lipinski definition) is 3. The van der Waals surface area contributed by atoms with Crippen molar-refractivity contribution in [2.24, 2.45) is 0 Å². The molecule has 0 aliphatic carbocycles. The molecule has 0 aromatic heterocycles. The van der Waals surface area contributed by atoms with Gasteiger partial charge in [0.1, 0.15) is 18.0 Å². The molecule has 0 radical (unpaired) electrons. The summed E-state index contributed by atoms with van der Waals surface area (Å²) in [6, 6.07) is 5.59. The summed E-state index contributed by atoms with van der Waals surface area (Å²) in [5.41, 5.74) is 1.70. The summed E-state index contributed by atoms with van der Waals surface area (Å²) in [5, 5.41) is 15.6. The van der Waals surface area contributed by atoms with Gasteiger partial charge in [0.05, 0.1) is 25.7 Å². The smallest absolute Gasteiger partial charge is 0.238 e. The zero-order valence-corrected chi connectivity index (χ0v) is 17.3. The van der Waals surface area contributed by atoms with Crippen LogP contribution >= 0.6 is 0 Å². The van der Waals surface area contributed by atoms with Gasteiger partial charge < -0.3 is 30.1 Å². The third-order valence-corrected chi connectivity index (χ3v) is 5.23. The molecule has 0 spiro atoms. The van der Waals surface area contributed by atoms with Gasteiger partial charge in [-0.25, -0.2) is 0 Å². The van der Waals surface area contributed by atoms with Crippen molar-refractivity contribution in [1.82, 2.24) is 10.2 Å². The van der Waals surface area contributed by atoms with E-state index in [-0.39, 0.29) is 43.0 Å². The quantitative estimate of drug-likeness (QED) is 0.599. The molecule has 0 saturated carbocycles. The van der Waals surface area contributed by atoms with Gasteiger partial charge in [-0.2, -0.15) is 0 Å². The van der Waals surface area contributed by atoms with Crippen LogP contribution in [0.3, 0.4) is 0 Å². The minimum Gasteiger partial charge on any atom is -0.487 e. The molecule has 8 nitrogen and oxygen atoms in total. The molecule has 29 heavy (non-hydrogen) atoms. The van der Waals surface area contributed by atoms with Gasteiger partial charge in [-0.05, 0) is 45.1 Å². The van der Waals surface area contributed by atoms with Gasteiger partial charge in [-0.15, -0.1) is 0 Å². The Morgan fingerprint density at radius 2 is 2.07 bits per heavy atom. The number of aliphatic hydroxyl groups excluding tert-OH is 1. The summed E-state index contributed by atoms with van der Waals surface area (Å²) < 4.78 is 12.0. The Kier molecular flexibility index (Phi) is 7.10. The molecular formula is C21H31N3O5. The molecule has 2 aliphatic rings. The minimum atomic E-state index is -0.489. The van der Waals surface area contributed by atoms with Crippen molar-refractivity contribution >= 4 is 17.5 Å². The van der Waals surface area contributed by atoms with E-state index >= 15 is 0 Å². The third kappa shape index (κ3) is 5.26. The molecule has 0 bridgehead atoms. The second-order valence-corrected chi connectivity index (χ2v) is 8.00. The fraction of sp³-hybridized carbons (Fsp3) is 0.619. The van der Waals surface area contributed by atoms with Crippen LogP contribution in [0.5, 0.6) is 5.75 Å². The second kappa shape index (κ2) is 9.56. The number of amides is 2. The molecule has 2 amide bonds. The second-order valence-electron chi connectivity index (χ2n) is 8.00. The number of anilines is 1. The van der Waals surface area contributed by atoms with Crippen molar-refractivity contribution in [2.45, 2.75) is 50.4 Å². The van der Waals surface area contributed by atoms with Gasteiger partial charge in [0.2, 0.25) is 11.8 Å². The SMILES string of the molecule is CCCNC(=O)C[C@H]1C[C@@H]2c3cc(NC(=O)CN(C)C)ccc3O[C@@H]2[C@@H](CO)O1. The minimum absolute atomic E-state index is 0.00516. The average molecular weight is 405 g/mol. The zero-order chi connectivity index (χ0) is 21.0. The number of benzene rings is 1. The highest BCUT2D eigenvalue weighted by Gasteiger charge is 2.46. The van der Waals surface area contributed by atoms with E-state index in [0.29, 0.717) is 25.2 Å². The summed E-state index contributed by atoms with van der Waals surface area (Å²) in [5.74, 6) is 0.612. The summed E-state index contributed by atoms with van der Waals surface area (Å²) in [4.78, 5) is 26.0. The predicted octanol–water partition coefficient (Wildman–Crippen LogP) is 1.10. The topological polar surface area (TPSA) is 100 Å². The number of nitrogens with zero attached hydrogens (tertiary/aromatic N) is 1. The van der Waals surface area contributed by atoms with Gasteiger partial charge in [0.25, 0.3) is 0 Å². The van der Waals surface area contributed by atoms with Crippen molar-refractivity contribution in [1.29, 1.82) is 0 Å². The molecule has 2 heterocycles. The van der Waals surface area contributed by atoms with Crippen molar-refractivity contribution in [3.05, 3.63) is 23.8 Å². The number of carbonyl (C=O) groups is 2. The molecule has 3 N–H and O–H groups in total. The summed E-state index contributed by atoms with van der Waals surface area (Å²) in [7, 11) is 3.68. The summed E-state index contributed by atoms with van der Waals surface area (Å²) >= 11 is 0. The molecule has 160 valence electrons. The van der Waals surface area contributed by atoms with Crippen molar-refractivity contribution in [2.75, 3.05) is 39.1 Å².